The van der Waals surface area contributed by atoms with Gasteiger partial charge < -0.3 is 10.1 Å². The Balaban J connectivity index is 1.71. The van der Waals surface area contributed by atoms with Crippen molar-refractivity contribution in [1.29, 1.82) is 0 Å². The van der Waals surface area contributed by atoms with Crippen LogP contribution in [0.2, 0.25) is 0 Å². The van der Waals surface area contributed by atoms with E-state index in [1.54, 1.807) is 49.7 Å². The molecular formula is C18H19N3O5S3. The van der Waals surface area contributed by atoms with Gasteiger partial charge in [0.05, 0.1) is 7.11 Å². The fraction of sp³-hybridized carbons (Fsp3) is 0.278. The highest BCUT2D eigenvalue weighted by atomic mass is 32.2. The van der Waals surface area contributed by atoms with E-state index in [1.165, 1.54) is 11.0 Å². The summed E-state index contributed by atoms with van der Waals surface area (Å²) in [6.45, 7) is 1.99. The number of sulfonamides is 1. The van der Waals surface area contributed by atoms with Crippen molar-refractivity contribution in [1.82, 2.24) is 4.90 Å². The second-order valence-corrected chi connectivity index (χ2v) is 9.90. The molecule has 29 heavy (non-hydrogen) atoms. The van der Waals surface area contributed by atoms with Crippen LogP contribution < -0.4 is 10.1 Å². The summed E-state index contributed by atoms with van der Waals surface area (Å²) in [6.07, 6.45) is -0.0932. The lowest BCUT2D eigenvalue weighted by Gasteiger charge is -2.13. The minimum Gasteiger partial charge on any atom is -0.497 e. The summed E-state index contributed by atoms with van der Waals surface area (Å²) in [7, 11) is -2.35. The number of carbonyl (C=O) groups excluding carboxylic acids is 2. The first kappa shape index (κ1) is 21.3. The van der Waals surface area contributed by atoms with Gasteiger partial charge in [-0.3, -0.25) is 14.5 Å². The number of thiophene rings is 1. The molecule has 1 aromatic carbocycles. The van der Waals surface area contributed by atoms with E-state index in [1.807, 2.05) is 0 Å². The zero-order valence-electron chi connectivity index (χ0n) is 15.7. The lowest BCUT2D eigenvalue weighted by molar-refractivity contribution is -0.128. The van der Waals surface area contributed by atoms with Crippen molar-refractivity contribution >= 4 is 55.8 Å². The van der Waals surface area contributed by atoms with Crippen LogP contribution in [0.4, 0.5) is 5.69 Å². The molecule has 1 fully saturated rings. The standard InChI is InChI=1S/C18H19N3O5S3/c1-3-21-17(23)14(11-15(22)19-12-6-8-13(26-2)9-7-12)28-18(21)20-29(24,25)16-5-4-10-27-16/h4-10,14H,3,11H2,1-2H3,(H,19,22). The fourth-order valence-electron chi connectivity index (χ4n) is 2.61. The number of nitrogens with one attached hydrogen (secondary N) is 1. The molecule has 154 valence electrons. The minimum absolute atomic E-state index is 0.0909. The molecule has 0 saturated carbocycles. The van der Waals surface area contributed by atoms with Crippen LogP contribution in [-0.4, -0.2) is 49.2 Å². The van der Waals surface area contributed by atoms with Crippen LogP contribution in [0.1, 0.15) is 13.3 Å². The number of hydrogen-bond donors (Lipinski definition) is 1. The largest absolute Gasteiger partial charge is 0.497 e. The molecule has 1 atom stereocenters. The maximum absolute atomic E-state index is 12.6. The lowest BCUT2D eigenvalue weighted by atomic mass is 10.2. The van der Waals surface area contributed by atoms with Gasteiger partial charge in [0.15, 0.2) is 5.17 Å². The first-order valence-electron chi connectivity index (χ1n) is 8.64. The second kappa shape index (κ2) is 8.97. The van der Waals surface area contributed by atoms with E-state index >= 15 is 0 Å². The number of amidine groups is 1. The topological polar surface area (TPSA) is 105 Å². The highest BCUT2D eigenvalue weighted by Gasteiger charge is 2.39. The number of carbonyl (C=O) groups is 2. The highest BCUT2D eigenvalue weighted by molar-refractivity contribution is 8.16. The normalized spacial score (nSPS) is 18.3. The monoisotopic (exact) mass is 453 g/mol. The Kier molecular flexibility index (Phi) is 6.60. The van der Waals surface area contributed by atoms with Crippen molar-refractivity contribution in [2.45, 2.75) is 22.8 Å². The number of hydrogen-bond acceptors (Lipinski definition) is 7. The molecule has 1 aromatic heterocycles. The van der Waals surface area contributed by atoms with Gasteiger partial charge in [0.2, 0.25) is 11.8 Å². The maximum atomic E-state index is 12.6. The number of amides is 2. The average Bonchev–Trinajstić information content (AvgIpc) is 3.32. The molecule has 11 heteroatoms. The van der Waals surface area contributed by atoms with Crippen LogP contribution in [-0.2, 0) is 19.6 Å². The van der Waals surface area contributed by atoms with Gasteiger partial charge in [-0.05, 0) is 42.6 Å². The van der Waals surface area contributed by atoms with Gasteiger partial charge in [-0.2, -0.15) is 8.42 Å². The lowest BCUT2D eigenvalue weighted by Crippen LogP contribution is -2.33. The molecule has 0 spiro atoms. The van der Waals surface area contributed by atoms with Crippen molar-refractivity contribution in [2.24, 2.45) is 4.40 Å². The van der Waals surface area contributed by atoms with Gasteiger partial charge in [-0.15, -0.1) is 15.7 Å². The first-order chi connectivity index (χ1) is 13.8. The summed E-state index contributed by atoms with van der Waals surface area (Å²) in [6, 6.07) is 9.89. The summed E-state index contributed by atoms with van der Waals surface area (Å²) in [5.74, 6) is -0.0159. The van der Waals surface area contributed by atoms with E-state index in [4.69, 9.17) is 4.74 Å². The summed E-state index contributed by atoms with van der Waals surface area (Å²) < 4.78 is 33.9. The molecule has 2 aromatic rings. The number of thioether (sulfide) groups is 1. The highest BCUT2D eigenvalue weighted by Crippen LogP contribution is 2.31. The number of anilines is 1. The van der Waals surface area contributed by atoms with E-state index in [2.05, 4.69) is 9.71 Å². The minimum atomic E-state index is -3.89. The zero-order chi connectivity index (χ0) is 21.0. The Morgan fingerprint density at radius 1 is 1.28 bits per heavy atom. The van der Waals surface area contributed by atoms with Crippen molar-refractivity contribution in [3.8, 4) is 5.75 Å². The van der Waals surface area contributed by atoms with Gasteiger partial charge in [0.1, 0.15) is 15.2 Å². The second-order valence-electron chi connectivity index (χ2n) is 5.95. The third-order valence-corrected chi connectivity index (χ3v) is 7.96. The van der Waals surface area contributed by atoms with E-state index in [-0.39, 0.29) is 34.2 Å². The van der Waals surface area contributed by atoms with Gasteiger partial charge in [0, 0.05) is 18.7 Å². The van der Waals surface area contributed by atoms with Gasteiger partial charge >= 0.3 is 0 Å². The molecule has 1 saturated heterocycles. The van der Waals surface area contributed by atoms with Crippen LogP contribution in [0, 0.1) is 0 Å². The van der Waals surface area contributed by atoms with Gasteiger partial charge in [-0.25, -0.2) is 0 Å². The molecule has 1 aliphatic heterocycles. The Bertz CT molecular complexity index is 1020. The van der Waals surface area contributed by atoms with Crippen LogP contribution >= 0.6 is 23.1 Å². The number of benzene rings is 1. The Morgan fingerprint density at radius 3 is 2.59 bits per heavy atom. The molecular weight excluding hydrogens is 434 g/mol. The molecule has 1 aliphatic rings. The van der Waals surface area contributed by atoms with E-state index in [0.29, 0.717) is 11.4 Å². The molecule has 2 amide bonds. The van der Waals surface area contributed by atoms with Crippen LogP contribution in [0.3, 0.4) is 0 Å². The van der Waals surface area contributed by atoms with Crippen molar-refractivity contribution in [3.63, 3.8) is 0 Å². The third-order valence-electron chi connectivity index (χ3n) is 4.03. The number of nitrogens with zero attached hydrogens (tertiary/aromatic N) is 2. The number of rotatable bonds is 7. The molecule has 3 rings (SSSR count). The molecule has 0 bridgehead atoms. The summed E-state index contributed by atoms with van der Waals surface area (Å²) in [4.78, 5) is 26.3. The summed E-state index contributed by atoms with van der Waals surface area (Å²) >= 11 is 2.05. The number of ether oxygens (including phenoxy) is 1. The molecule has 2 heterocycles. The van der Waals surface area contributed by atoms with Crippen molar-refractivity contribution in [2.75, 3.05) is 19.0 Å². The third kappa shape index (κ3) is 4.98. The predicted octanol–water partition coefficient (Wildman–Crippen LogP) is 2.79. The molecule has 0 radical (unpaired) electrons. The Hall–Kier alpha value is -2.37. The molecule has 1 N–H and O–H groups in total. The Labute approximate surface area is 177 Å². The number of methoxy groups -OCH3 is 1. The maximum Gasteiger partial charge on any atom is 0.294 e. The van der Waals surface area contributed by atoms with Crippen molar-refractivity contribution in [3.05, 3.63) is 41.8 Å². The Morgan fingerprint density at radius 2 is 2.00 bits per heavy atom. The first-order valence-corrected chi connectivity index (χ1v) is 11.8. The fourth-order valence-corrected chi connectivity index (χ4v) is 6.00. The average molecular weight is 454 g/mol. The van der Waals surface area contributed by atoms with Gasteiger partial charge in [-0.1, -0.05) is 17.8 Å². The van der Waals surface area contributed by atoms with E-state index < -0.39 is 15.3 Å². The molecule has 0 aliphatic carbocycles. The van der Waals surface area contributed by atoms with Gasteiger partial charge in [0.25, 0.3) is 10.0 Å². The van der Waals surface area contributed by atoms with E-state index in [9.17, 15) is 18.0 Å². The SMILES string of the molecule is CCN1C(=O)C(CC(=O)Nc2ccc(OC)cc2)SC1=NS(=O)(=O)c1cccs1. The smallest absolute Gasteiger partial charge is 0.294 e. The van der Waals surface area contributed by atoms with Crippen LogP contribution in [0.25, 0.3) is 0 Å². The van der Waals surface area contributed by atoms with Crippen LogP contribution in [0.5, 0.6) is 5.75 Å². The van der Waals surface area contributed by atoms with E-state index in [0.717, 1.165) is 23.1 Å². The molecule has 8 nitrogen and oxygen atoms in total. The summed E-state index contributed by atoms with van der Waals surface area (Å²) in [5, 5.41) is 3.73. The predicted molar refractivity (Wildman–Crippen MR) is 114 cm³/mol. The zero-order valence-corrected chi connectivity index (χ0v) is 18.1. The quantitative estimate of drug-likeness (QED) is 0.691. The van der Waals surface area contributed by atoms with Crippen molar-refractivity contribution < 1.29 is 22.7 Å². The summed E-state index contributed by atoms with van der Waals surface area (Å²) in [5.41, 5.74) is 0.577. The van der Waals surface area contributed by atoms with Crippen LogP contribution in [0.15, 0.2) is 50.4 Å². The molecule has 1 unspecified atom stereocenters.